The Kier molecular flexibility index (Phi) is 5.15. The van der Waals surface area contributed by atoms with E-state index in [0.717, 1.165) is 0 Å². The third-order valence-corrected chi connectivity index (χ3v) is 3.65. The first-order valence-corrected chi connectivity index (χ1v) is 7.43. The first-order chi connectivity index (χ1) is 10.9. The van der Waals surface area contributed by atoms with Crippen LogP contribution in [0.25, 0.3) is 5.69 Å². The normalized spacial score (nSPS) is 12.1. The van der Waals surface area contributed by atoms with Crippen molar-refractivity contribution in [2.45, 2.75) is 33.7 Å². The van der Waals surface area contributed by atoms with Crippen molar-refractivity contribution in [2.75, 3.05) is 12.4 Å². The number of ether oxygens (including phenoxy) is 1. The number of anilines is 1. The van der Waals surface area contributed by atoms with Gasteiger partial charge >= 0.3 is 6.03 Å². The summed E-state index contributed by atoms with van der Waals surface area (Å²) in [6.07, 6.45) is 0. The number of hydrogen-bond acceptors (Lipinski definition) is 5. The lowest BCUT2D eigenvalue weighted by atomic mass is 10.1. The van der Waals surface area contributed by atoms with Crippen LogP contribution in [0.5, 0.6) is 5.75 Å². The Labute approximate surface area is 135 Å². The van der Waals surface area contributed by atoms with Crippen LogP contribution in [0, 0.1) is 12.8 Å². The summed E-state index contributed by atoms with van der Waals surface area (Å²) in [6, 6.07) is 5.12. The first-order valence-electron chi connectivity index (χ1n) is 7.43. The predicted octanol–water partition coefficient (Wildman–Crippen LogP) is 2.15. The van der Waals surface area contributed by atoms with Gasteiger partial charge in [-0.15, -0.1) is 5.10 Å². The molecule has 1 heterocycles. The molecule has 2 aromatic rings. The molecule has 0 saturated carbocycles. The van der Waals surface area contributed by atoms with Crippen molar-refractivity contribution >= 4 is 11.7 Å². The van der Waals surface area contributed by atoms with Crippen LogP contribution in [0.3, 0.4) is 0 Å². The summed E-state index contributed by atoms with van der Waals surface area (Å²) < 4.78 is 6.89. The Hall–Kier alpha value is -2.64. The number of urea groups is 1. The minimum absolute atomic E-state index is 0.0782. The van der Waals surface area contributed by atoms with Gasteiger partial charge in [0.2, 0.25) is 0 Å². The van der Waals surface area contributed by atoms with Crippen LogP contribution < -0.4 is 15.4 Å². The average molecular weight is 318 g/mol. The summed E-state index contributed by atoms with van der Waals surface area (Å²) in [5.74, 6) is 1.59. The summed E-state index contributed by atoms with van der Waals surface area (Å²) >= 11 is 0. The number of aromatic nitrogens is 4. The van der Waals surface area contributed by atoms with E-state index < -0.39 is 0 Å². The third-order valence-electron chi connectivity index (χ3n) is 3.65. The summed E-state index contributed by atoms with van der Waals surface area (Å²) in [6.45, 7) is 7.86. The monoisotopic (exact) mass is 318 g/mol. The lowest BCUT2D eigenvalue weighted by Gasteiger charge is -2.18. The van der Waals surface area contributed by atoms with E-state index in [9.17, 15) is 4.79 Å². The van der Waals surface area contributed by atoms with Crippen molar-refractivity contribution in [3.8, 4) is 11.4 Å². The van der Waals surface area contributed by atoms with E-state index in [-0.39, 0.29) is 12.1 Å². The molecule has 2 N–H and O–H groups in total. The van der Waals surface area contributed by atoms with E-state index in [1.165, 1.54) is 0 Å². The zero-order chi connectivity index (χ0) is 17.0. The molecule has 0 aliphatic carbocycles. The van der Waals surface area contributed by atoms with Crippen LogP contribution in [-0.2, 0) is 0 Å². The minimum atomic E-state index is -0.254. The number of amides is 2. The predicted molar refractivity (Wildman–Crippen MR) is 86.9 cm³/mol. The second-order valence-corrected chi connectivity index (χ2v) is 5.66. The second-order valence-electron chi connectivity index (χ2n) is 5.66. The molecule has 1 atom stereocenters. The quantitative estimate of drug-likeness (QED) is 0.881. The smallest absolute Gasteiger partial charge is 0.319 e. The molecule has 0 bridgehead atoms. The maximum Gasteiger partial charge on any atom is 0.319 e. The number of rotatable bonds is 5. The molecule has 2 amide bonds. The molecule has 0 radical (unpaired) electrons. The van der Waals surface area contributed by atoms with Crippen LogP contribution in [0.15, 0.2) is 18.2 Å². The lowest BCUT2D eigenvalue weighted by molar-refractivity contribution is 0.246. The average Bonchev–Trinajstić information content (AvgIpc) is 2.92. The van der Waals surface area contributed by atoms with Gasteiger partial charge in [0, 0.05) is 11.7 Å². The van der Waals surface area contributed by atoms with E-state index in [2.05, 4.69) is 40.0 Å². The van der Waals surface area contributed by atoms with Crippen molar-refractivity contribution in [3.05, 3.63) is 24.0 Å². The van der Waals surface area contributed by atoms with E-state index in [4.69, 9.17) is 4.74 Å². The molecule has 0 spiro atoms. The van der Waals surface area contributed by atoms with Gasteiger partial charge in [-0.3, -0.25) is 0 Å². The summed E-state index contributed by atoms with van der Waals surface area (Å²) in [5, 5.41) is 17.1. The standard InChI is InChI=1S/C15H22N6O2/c1-9(2)10(3)16-15(22)17-12-6-7-14(23-5)13(8-12)21-11(4)18-19-20-21/h6-10H,1-5H3,(H2,16,17,22)/t10-/m1/s1. The molecule has 1 aromatic carbocycles. The molecule has 0 aliphatic rings. The van der Waals surface area contributed by atoms with Crippen LogP contribution in [0.4, 0.5) is 10.5 Å². The molecule has 8 nitrogen and oxygen atoms in total. The molecular weight excluding hydrogens is 296 g/mol. The van der Waals surface area contributed by atoms with Crippen LogP contribution in [0.2, 0.25) is 0 Å². The number of benzene rings is 1. The molecule has 8 heteroatoms. The number of carbonyl (C=O) groups is 1. The number of aryl methyl sites for hydroxylation is 1. The van der Waals surface area contributed by atoms with Gasteiger partial charge in [-0.05, 0) is 48.4 Å². The number of methoxy groups -OCH3 is 1. The summed E-state index contributed by atoms with van der Waals surface area (Å²) in [5.41, 5.74) is 1.29. The Morgan fingerprint density at radius 3 is 2.61 bits per heavy atom. The second kappa shape index (κ2) is 7.08. The van der Waals surface area contributed by atoms with Crippen molar-refractivity contribution in [1.82, 2.24) is 25.5 Å². The Balaban J connectivity index is 2.21. The van der Waals surface area contributed by atoms with Gasteiger partial charge in [0.1, 0.15) is 11.4 Å². The Morgan fingerprint density at radius 1 is 1.30 bits per heavy atom. The van der Waals surface area contributed by atoms with Crippen molar-refractivity contribution in [1.29, 1.82) is 0 Å². The molecule has 1 aromatic heterocycles. The van der Waals surface area contributed by atoms with Crippen molar-refractivity contribution in [3.63, 3.8) is 0 Å². The Bertz CT molecular complexity index is 682. The maximum atomic E-state index is 12.0. The fourth-order valence-corrected chi connectivity index (χ4v) is 1.93. The largest absolute Gasteiger partial charge is 0.494 e. The van der Waals surface area contributed by atoms with Gasteiger partial charge in [-0.1, -0.05) is 13.8 Å². The van der Waals surface area contributed by atoms with Crippen molar-refractivity contribution in [2.24, 2.45) is 5.92 Å². The molecule has 2 rings (SSSR count). The maximum absolute atomic E-state index is 12.0. The minimum Gasteiger partial charge on any atom is -0.494 e. The fourth-order valence-electron chi connectivity index (χ4n) is 1.93. The van der Waals surface area contributed by atoms with Gasteiger partial charge in [0.05, 0.1) is 7.11 Å². The van der Waals surface area contributed by atoms with Crippen LogP contribution >= 0.6 is 0 Å². The number of nitrogens with zero attached hydrogens (tertiary/aromatic N) is 4. The molecule has 23 heavy (non-hydrogen) atoms. The van der Waals surface area contributed by atoms with Gasteiger partial charge in [-0.2, -0.15) is 4.68 Å². The highest BCUT2D eigenvalue weighted by molar-refractivity contribution is 5.90. The number of carbonyl (C=O) groups excluding carboxylic acids is 1. The van der Waals surface area contributed by atoms with Gasteiger partial charge in [0.15, 0.2) is 5.82 Å². The molecule has 0 saturated heterocycles. The van der Waals surface area contributed by atoms with E-state index >= 15 is 0 Å². The van der Waals surface area contributed by atoms with E-state index in [1.54, 1.807) is 36.9 Å². The molecule has 124 valence electrons. The number of hydrogen-bond donors (Lipinski definition) is 2. The van der Waals surface area contributed by atoms with E-state index in [1.807, 2.05) is 6.92 Å². The molecule has 0 unspecified atom stereocenters. The van der Waals surface area contributed by atoms with E-state index in [0.29, 0.717) is 28.9 Å². The van der Waals surface area contributed by atoms with Crippen LogP contribution in [-0.4, -0.2) is 39.4 Å². The summed E-state index contributed by atoms with van der Waals surface area (Å²) in [4.78, 5) is 12.0. The van der Waals surface area contributed by atoms with Crippen LogP contribution in [0.1, 0.15) is 26.6 Å². The fraction of sp³-hybridized carbons (Fsp3) is 0.467. The highest BCUT2D eigenvalue weighted by atomic mass is 16.5. The lowest BCUT2D eigenvalue weighted by Crippen LogP contribution is -2.39. The number of nitrogens with one attached hydrogen (secondary N) is 2. The van der Waals surface area contributed by atoms with Gasteiger partial charge < -0.3 is 15.4 Å². The van der Waals surface area contributed by atoms with Crippen molar-refractivity contribution < 1.29 is 9.53 Å². The van der Waals surface area contributed by atoms with Gasteiger partial charge in [-0.25, -0.2) is 4.79 Å². The summed E-state index contributed by atoms with van der Waals surface area (Å²) in [7, 11) is 1.57. The number of tetrazole rings is 1. The first kappa shape index (κ1) is 16.7. The third kappa shape index (κ3) is 3.97. The molecular formula is C15H22N6O2. The Morgan fingerprint density at radius 2 is 2.04 bits per heavy atom. The SMILES string of the molecule is COc1ccc(NC(=O)N[C@H](C)C(C)C)cc1-n1nnnc1C. The zero-order valence-corrected chi connectivity index (χ0v) is 14.0. The highest BCUT2D eigenvalue weighted by Crippen LogP contribution is 2.26. The molecule has 0 fully saturated rings. The highest BCUT2D eigenvalue weighted by Gasteiger charge is 2.14. The van der Waals surface area contributed by atoms with Gasteiger partial charge in [0.25, 0.3) is 0 Å². The topological polar surface area (TPSA) is 94.0 Å². The zero-order valence-electron chi connectivity index (χ0n) is 14.0. The molecule has 0 aliphatic heterocycles.